The quantitative estimate of drug-likeness (QED) is 0.117. The Hall–Kier alpha value is -5.90. The van der Waals surface area contributed by atoms with Crippen LogP contribution >= 0.6 is 0 Å². The van der Waals surface area contributed by atoms with Crippen molar-refractivity contribution in [1.82, 2.24) is 15.3 Å². The van der Waals surface area contributed by atoms with E-state index in [0.29, 0.717) is 72.8 Å². The second-order valence-corrected chi connectivity index (χ2v) is 11.8. The molecule has 0 spiro atoms. The summed E-state index contributed by atoms with van der Waals surface area (Å²) in [6.45, 7) is 7.38. The second kappa shape index (κ2) is 15.3. The first-order valence-electron chi connectivity index (χ1n) is 16.3. The van der Waals surface area contributed by atoms with E-state index < -0.39 is 5.91 Å². The number of aryl methyl sites for hydroxylation is 1. The van der Waals surface area contributed by atoms with Crippen LogP contribution in [0.5, 0.6) is 17.2 Å². The molecule has 0 atom stereocenters. The van der Waals surface area contributed by atoms with Gasteiger partial charge >= 0.3 is 0 Å². The molecular formula is C39H38N4O6. The third-order valence-corrected chi connectivity index (χ3v) is 7.95. The van der Waals surface area contributed by atoms with Crippen LogP contribution in [0.25, 0.3) is 22.8 Å². The molecule has 10 nitrogen and oxygen atoms in total. The van der Waals surface area contributed by atoms with Gasteiger partial charge in [0.25, 0.3) is 11.8 Å². The van der Waals surface area contributed by atoms with Crippen molar-refractivity contribution >= 4 is 5.91 Å². The molecule has 6 aromatic rings. The van der Waals surface area contributed by atoms with E-state index in [4.69, 9.17) is 29.0 Å². The van der Waals surface area contributed by atoms with E-state index in [2.05, 4.69) is 29.1 Å². The Morgan fingerprint density at radius 1 is 0.776 bits per heavy atom. The van der Waals surface area contributed by atoms with Crippen LogP contribution in [0, 0.1) is 0 Å². The number of carbonyl (C=O) groups excluding carboxylic acids is 1. The molecule has 0 saturated heterocycles. The molecule has 6 rings (SSSR count). The Labute approximate surface area is 284 Å². The summed E-state index contributed by atoms with van der Waals surface area (Å²) in [6.07, 6.45) is 0.644. The fraction of sp³-hybridized carbons (Fsp3) is 0.231. The zero-order chi connectivity index (χ0) is 34.2. The zero-order valence-electron chi connectivity index (χ0n) is 27.7. The topological polar surface area (TPSA) is 136 Å². The lowest BCUT2D eigenvalue weighted by Crippen LogP contribution is -2.14. The summed E-state index contributed by atoms with van der Waals surface area (Å²) in [7, 11) is 0. The number of nitrogens with zero attached hydrogens (tertiary/aromatic N) is 3. The van der Waals surface area contributed by atoms with Gasteiger partial charge in [-0.25, -0.2) is 0 Å². The zero-order valence-corrected chi connectivity index (χ0v) is 27.7. The number of hydrogen-bond acceptors (Lipinski definition) is 9. The molecule has 4 aromatic carbocycles. The summed E-state index contributed by atoms with van der Waals surface area (Å²) in [5.41, 5.74) is 10.7. The molecule has 0 aliphatic carbocycles. The number of hydrogen-bond donors (Lipinski definition) is 1. The van der Waals surface area contributed by atoms with Crippen LogP contribution in [0.3, 0.4) is 0 Å². The minimum atomic E-state index is -0.702. The maximum absolute atomic E-state index is 12.6. The minimum Gasteiger partial charge on any atom is -0.494 e. The third-order valence-electron chi connectivity index (χ3n) is 7.95. The van der Waals surface area contributed by atoms with Crippen molar-refractivity contribution in [1.29, 1.82) is 0 Å². The monoisotopic (exact) mass is 658 g/mol. The van der Waals surface area contributed by atoms with Crippen LogP contribution in [0.4, 0.5) is 0 Å². The smallest absolute Gasteiger partial charge is 0.271 e. The van der Waals surface area contributed by atoms with Gasteiger partial charge in [-0.1, -0.05) is 84.8 Å². The van der Waals surface area contributed by atoms with E-state index in [0.717, 1.165) is 28.0 Å². The Morgan fingerprint density at radius 3 is 2.04 bits per heavy atom. The predicted octanol–water partition coefficient (Wildman–Crippen LogP) is 7.96. The van der Waals surface area contributed by atoms with Gasteiger partial charge in [0.15, 0.2) is 17.3 Å². The van der Waals surface area contributed by atoms with Crippen molar-refractivity contribution in [2.75, 3.05) is 6.61 Å². The molecular weight excluding hydrogens is 620 g/mol. The highest BCUT2D eigenvalue weighted by Crippen LogP contribution is 2.42. The summed E-state index contributed by atoms with van der Waals surface area (Å²) in [5.74, 6) is 2.57. The van der Waals surface area contributed by atoms with Gasteiger partial charge in [-0.15, -0.1) is 0 Å². The van der Waals surface area contributed by atoms with Gasteiger partial charge in [-0.05, 0) is 66.3 Å². The van der Waals surface area contributed by atoms with Crippen LogP contribution in [0.15, 0.2) is 106 Å². The molecule has 0 aliphatic heterocycles. The summed E-state index contributed by atoms with van der Waals surface area (Å²) >= 11 is 0. The SMILES string of the molecule is CCOc1ccc(-c2nc(CCc3c(C(N)=O)noc3-c3cc(C(C)C)c(OCc4ccccc4)cc3OCc3ccccc3)no2)cc1. The average Bonchev–Trinajstić information content (AvgIpc) is 3.78. The summed E-state index contributed by atoms with van der Waals surface area (Å²) < 4.78 is 29.8. The van der Waals surface area contributed by atoms with Crippen molar-refractivity contribution in [2.45, 2.75) is 52.7 Å². The Morgan fingerprint density at radius 2 is 1.43 bits per heavy atom. The molecule has 1 amide bonds. The lowest BCUT2D eigenvalue weighted by atomic mass is 9.95. The third kappa shape index (κ3) is 7.98. The van der Waals surface area contributed by atoms with Crippen molar-refractivity contribution in [2.24, 2.45) is 5.73 Å². The Balaban J connectivity index is 1.33. The molecule has 250 valence electrons. The Kier molecular flexibility index (Phi) is 10.3. The van der Waals surface area contributed by atoms with E-state index >= 15 is 0 Å². The van der Waals surface area contributed by atoms with Gasteiger partial charge in [-0.3, -0.25) is 4.79 Å². The molecule has 2 N–H and O–H groups in total. The normalized spacial score (nSPS) is 11.1. The maximum Gasteiger partial charge on any atom is 0.271 e. The first-order chi connectivity index (χ1) is 23.9. The molecule has 2 heterocycles. The maximum atomic E-state index is 12.6. The number of amides is 1. The highest BCUT2D eigenvalue weighted by Gasteiger charge is 2.26. The van der Waals surface area contributed by atoms with Crippen LogP contribution in [0.2, 0.25) is 0 Å². The van der Waals surface area contributed by atoms with Crippen LogP contribution in [-0.2, 0) is 26.1 Å². The highest BCUT2D eigenvalue weighted by atomic mass is 16.5. The number of primary amides is 1. The summed E-state index contributed by atoms with van der Waals surface area (Å²) in [4.78, 5) is 17.2. The standard InChI is InChI=1S/C39H38N4O6/c1-4-45-29-17-15-28(16-18-29)39-41-35(42-49-39)20-19-30-36(38(40)44)43-48-37(30)32-21-31(25(2)3)33(46-23-26-11-7-5-8-12-26)22-34(32)47-24-27-13-9-6-10-14-27/h5-18,21-22,25H,4,19-20,23-24H2,1-3H3,(H2,40,44). The number of benzene rings is 4. The molecule has 49 heavy (non-hydrogen) atoms. The summed E-state index contributed by atoms with van der Waals surface area (Å²) in [5, 5.41) is 8.28. The Bertz CT molecular complexity index is 1990. The molecule has 0 aliphatic rings. The van der Waals surface area contributed by atoms with Crippen LogP contribution in [0.1, 0.15) is 65.3 Å². The van der Waals surface area contributed by atoms with Gasteiger partial charge in [0.2, 0.25) is 0 Å². The largest absolute Gasteiger partial charge is 0.494 e. The predicted molar refractivity (Wildman–Crippen MR) is 184 cm³/mol. The first-order valence-corrected chi connectivity index (χ1v) is 16.3. The van der Waals surface area contributed by atoms with Gasteiger partial charge in [-0.2, -0.15) is 4.98 Å². The van der Waals surface area contributed by atoms with Gasteiger partial charge in [0.05, 0.1) is 12.2 Å². The van der Waals surface area contributed by atoms with Gasteiger partial charge in [0.1, 0.15) is 30.5 Å². The molecule has 0 unspecified atom stereocenters. The van der Waals surface area contributed by atoms with Crippen LogP contribution in [-0.4, -0.2) is 27.8 Å². The molecule has 0 radical (unpaired) electrons. The van der Waals surface area contributed by atoms with E-state index in [1.807, 2.05) is 104 Å². The number of carbonyl (C=O) groups is 1. The van der Waals surface area contributed by atoms with Gasteiger partial charge < -0.3 is 29.0 Å². The lowest BCUT2D eigenvalue weighted by Gasteiger charge is -2.19. The molecule has 0 bridgehead atoms. The van der Waals surface area contributed by atoms with Crippen molar-refractivity contribution in [3.05, 3.63) is 131 Å². The molecule has 0 fully saturated rings. The van der Waals surface area contributed by atoms with E-state index in [1.165, 1.54) is 0 Å². The number of ether oxygens (including phenoxy) is 3. The van der Waals surface area contributed by atoms with Crippen molar-refractivity contribution in [3.63, 3.8) is 0 Å². The van der Waals surface area contributed by atoms with E-state index in [1.54, 1.807) is 0 Å². The fourth-order valence-electron chi connectivity index (χ4n) is 5.44. The second-order valence-electron chi connectivity index (χ2n) is 11.8. The average molecular weight is 659 g/mol. The first kappa shape index (κ1) is 33.0. The van der Waals surface area contributed by atoms with Gasteiger partial charge in [0, 0.05) is 23.6 Å². The molecule has 10 heteroatoms. The lowest BCUT2D eigenvalue weighted by molar-refractivity contribution is 0.0991. The fourth-order valence-corrected chi connectivity index (χ4v) is 5.44. The highest BCUT2D eigenvalue weighted by molar-refractivity contribution is 5.94. The molecule has 2 aromatic heterocycles. The van der Waals surface area contributed by atoms with E-state index in [-0.39, 0.29) is 11.6 Å². The number of aromatic nitrogens is 3. The van der Waals surface area contributed by atoms with E-state index in [9.17, 15) is 4.79 Å². The van der Waals surface area contributed by atoms with Crippen molar-refractivity contribution in [3.8, 4) is 40.0 Å². The number of nitrogens with two attached hydrogens (primary N) is 1. The minimum absolute atomic E-state index is 0.0368. The number of rotatable bonds is 15. The molecule has 0 saturated carbocycles. The van der Waals surface area contributed by atoms with Crippen molar-refractivity contribution < 1.29 is 28.1 Å². The summed E-state index contributed by atoms with van der Waals surface area (Å²) in [6, 6.07) is 31.1. The van der Waals surface area contributed by atoms with Crippen LogP contribution < -0.4 is 19.9 Å².